The Kier molecular flexibility index (Phi) is 5.35. The molecule has 0 spiro atoms. The lowest BCUT2D eigenvalue weighted by atomic mass is 10.1. The lowest BCUT2D eigenvalue weighted by Crippen LogP contribution is -2.43. The van der Waals surface area contributed by atoms with Gasteiger partial charge in [0.25, 0.3) is 5.91 Å². The van der Waals surface area contributed by atoms with Crippen LogP contribution in [-0.2, 0) is 22.6 Å². The van der Waals surface area contributed by atoms with Crippen LogP contribution in [0.1, 0.15) is 17.4 Å². The number of hydrogen-bond donors (Lipinski definition) is 2. The third-order valence-electron chi connectivity index (χ3n) is 5.16. The van der Waals surface area contributed by atoms with Crippen molar-refractivity contribution in [3.05, 3.63) is 58.4 Å². The Hall–Kier alpha value is -3.13. The number of nitrogens with zero attached hydrogens (tertiary/aromatic N) is 2. The van der Waals surface area contributed by atoms with E-state index in [1.807, 2.05) is 54.9 Å². The van der Waals surface area contributed by atoms with Gasteiger partial charge in [0, 0.05) is 34.9 Å². The minimum atomic E-state index is -0.665. The molecule has 150 valence electrons. The van der Waals surface area contributed by atoms with Crippen LogP contribution in [0.3, 0.4) is 0 Å². The highest BCUT2D eigenvalue weighted by Crippen LogP contribution is 2.21. The fourth-order valence-corrected chi connectivity index (χ4v) is 4.31. The summed E-state index contributed by atoms with van der Waals surface area (Å²) in [7, 11) is 0. The molecule has 1 atom stereocenters. The number of benzene rings is 1. The van der Waals surface area contributed by atoms with Crippen molar-refractivity contribution < 1.29 is 14.4 Å². The highest BCUT2D eigenvalue weighted by Gasteiger charge is 2.39. The fourth-order valence-electron chi connectivity index (χ4n) is 3.59. The molecule has 29 heavy (non-hydrogen) atoms. The largest absolute Gasteiger partial charge is 0.361 e. The van der Waals surface area contributed by atoms with Crippen LogP contribution in [-0.4, -0.2) is 51.8 Å². The molecule has 3 heterocycles. The molecule has 1 aliphatic rings. The van der Waals surface area contributed by atoms with Gasteiger partial charge < -0.3 is 15.2 Å². The molecule has 0 radical (unpaired) electrons. The first-order chi connectivity index (χ1) is 14.1. The molecule has 7 nitrogen and oxygen atoms in total. The quantitative estimate of drug-likeness (QED) is 0.588. The summed E-state index contributed by atoms with van der Waals surface area (Å²) in [5.74, 6) is -0.599. The van der Waals surface area contributed by atoms with Crippen molar-refractivity contribution in [3.8, 4) is 0 Å². The standard InChI is InChI=1S/C21H22N4O3S/c1-2-24(12-15-6-5-9-29-15)19(26)13-25-20(27)18(23-21(25)28)10-14-11-22-17-8-4-3-7-16(14)17/h3-9,11,18,22H,2,10,12-13H2,1H3,(H,23,28)/t18-/m1/s1. The summed E-state index contributed by atoms with van der Waals surface area (Å²) in [6.45, 7) is 2.64. The summed E-state index contributed by atoms with van der Waals surface area (Å²) < 4.78 is 0. The topological polar surface area (TPSA) is 85.5 Å². The second kappa shape index (κ2) is 8.08. The number of carbonyl (C=O) groups excluding carboxylic acids is 3. The summed E-state index contributed by atoms with van der Waals surface area (Å²) in [5.41, 5.74) is 1.94. The number of imide groups is 1. The normalized spacial score (nSPS) is 16.4. The van der Waals surface area contributed by atoms with E-state index >= 15 is 0 Å². The van der Waals surface area contributed by atoms with Crippen LogP contribution in [0.25, 0.3) is 10.9 Å². The third-order valence-corrected chi connectivity index (χ3v) is 6.02. The summed E-state index contributed by atoms with van der Waals surface area (Å²) >= 11 is 1.57. The van der Waals surface area contributed by atoms with E-state index in [-0.39, 0.29) is 18.4 Å². The second-order valence-electron chi connectivity index (χ2n) is 6.98. The van der Waals surface area contributed by atoms with Gasteiger partial charge in [-0.25, -0.2) is 4.79 Å². The Morgan fingerprint density at radius 2 is 2.03 bits per heavy atom. The van der Waals surface area contributed by atoms with E-state index in [0.717, 1.165) is 26.2 Å². The SMILES string of the molecule is CCN(Cc1cccs1)C(=O)CN1C(=O)N[C@H](Cc2c[nH]c3ccccc23)C1=O. The zero-order valence-corrected chi connectivity index (χ0v) is 16.9. The number of para-hydroxylation sites is 1. The number of aromatic nitrogens is 1. The van der Waals surface area contributed by atoms with E-state index in [1.165, 1.54) is 0 Å². The van der Waals surface area contributed by atoms with Crippen LogP contribution >= 0.6 is 11.3 Å². The van der Waals surface area contributed by atoms with E-state index < -0.39 is 12.1 Å². The number of likely N-dealkylation sites (N-methyl/N-ethyl adjacent to an activating group) is 1. The maximum Gasteiger partial charge on any atom is 0.325 e. The van der Waals surface area contributed by atoms with Gasteiger partial charge in [0.05, 0.1) is 6.54 Å². The Morgan fingerprint density at radius 3 is 2.79 bits per heavy atom. The zero-order valence-electron chi connectivity index (χ0n) is 16.1. The van der Waals surface area contributed by atoms with Crippen molar-refractivity contribution in [2.24, 2.45) is 0 Å². The van der Waals surface area contributed by atoms with Gasteiger partial charge in [0.1, 0.15) is 12.6 Å². The Morgan fingerprint density at radius 1 is 1.21 bits per heavy atom. The molecule has 4 amide bonds. The first-order valence-corrected chi connectivity index (χ1v) is 10.4. The van der Waals surface area contributed by atoms with Gasteiger partial charge in [-0.15, -0.1) is 11.3 Å². The molecular formula is C21H22N4O3S. The number of nitrogens with one attached hydrogen (secondary N) is 2. The van der Waals surface area contributed by atoms with E-state index in [9.17, 15) is 14.4 Å². The Bertz CT molecular complexity index is 1040. The molecule has 3 aromatic rings. The highest BCUT2D eigenvalue weighted by atomic mass is 32.1. The molecule has 1 saturated heterocycles. The average Bonchev–Trinajstić information content (AvgIpc) is 3.44. The van der Waals surface area contributed by atoms with Gasteiger partial charge in [0.2, 0.25) is 5.91 Å². The maximum absolute atomic E-state index is 12.8. The van der Waals surface area contributed by atoms with E-state index in [1.54, 1.807) is 16.2 Å². The van der Waals surface area contributed by atoms with Crippen molar-refractivity contribution in [1.82, 2.24) is 20.1 Å². The first kappa shape index (κ1) is 19.2. The van der Waals surface area contributed by atoms with E-state index in [0.29, 0.717) is 19.5 Å². The smallest absolute Gasteiger partial charge is 0.325 e. The third kappa shape index (κ3) is 3.88. The minimum absolute atomic E-state index is 0.239. The van der Waals surface area contributed by atoms with Gasteiger partial charge in [-0.3, -0.25) is 14.5 Å². The van der Waals surface area contributed by atoms with Gasteiger partial charge in [0.15, 0.2) is 0 Å². The van der Waals surface area contributed by atoms with Crippen molar-refractivity contribution in [2.45, 2.75) is 25.9 Å². The molecule has 0 saturated carbocycles. The number of thiophene rings is 1. The highest BCUT2D eigenvalue weighted by molar-refractivity contribution is 7.09. The molecule has 1 fully saturated rings. The monoisotopic (exact) mass is 410 g/mol. The molecule has 0 aliphatic carbocycles. The first-order valence-electron chi connectivity index (χ1n) is 9.54. The van der Waals surface area contributed by atoms with Gasteiger partial charge >= 0.3 is 6.03 Å². The zero-order chi connectivity index (χ0) is 20.4. The van der Waals surface area contributed by atoms with Crippen molar-refractivity contribution in [3.63, 3.8) is 0 Å². The van der Waals surface area contributed by atoms with Crippen LogP contribution in [0.4, 0.5) is 4.79 Å². The molecule has 2 aromatic heterocycles. The summed E-state index contributed by atoms with van der Waals surface area (Å²) in [4.78, 5) is 44.8. The van der Waals surface area contributed by atoms with Crippen molar-refractivity contribution in [1.29, 1.82) is 0 Å². The molecule has 4 rings (SSSR count). The number of H-pyrrole nitrogens is 1. The Labute approximate surface area is 172 Å². The van der Waals surface area contributed by atoms with Crippen LogP contribution in [0.15, 0.2) is 48.0 Å². The number of urea groups is 1. The Balaban J connectivity index is 1.43. The molecule has 8 heteroatoms. The van der Waals surface area contributed by atoms with Crippen LogP contribution < -0.4 is 5.32 Å². The minimum Gasteiger partial charge on any atom is -0.361 e. The number of carbonyl (C=O) groups is 3. The molecule has 1 aliphatic heterocycles. The number of amides is 4. The number of hydrogen-bond acceptors (Lipinski definition) is 4. The van der Waals surface area contributed by atoms with Gasteiger partial charge in [-0.1, -0.05) is 24.3 Å². The van der Waals surface area contributed by atoms with Crippen LogP contribution in [0, 0.1) is 0 Å². The van der Waals surface area contributed by atoms with Crippen molar-refractivity contribution >= 4 is 40.1 Å². The van der Waals surface area contributed by atoms with E-state index in [2.05, 4.69) is 10.3 Å². The van der Waals surface area contributed by atoms with Gasteiger partial charge in [-0.05, 0) is 30.0 Å². The molecule has 0 unspecified atom stereocenters. The summed E-state index contributed by atoms with van der Waals surface area (Å²) in [5, 5.41) is 5.70. The number of rotatable bonds is 7. The summed E-state index contributed by atoms with van der Waals surface area (Å²) in [6.07, 6.45) is 2.24. The van der Waals surface area contributed by atoms with Crippen LogP contribution in [0.5, 0.6) is 0 Å². The fraction of sp³-hybridized carbons (Fsp3) is 0.286. The van der Waals surface area contributed by atoms with E-state index in [4.69, 9.17) is 0 Å². The predicted molar refractivity (Wildman–Crippen MR) is 111 cm³/mol. The lowest BCUT2D eigenvalue weighted by molar-refractivity contribution is -0.137. The number of aromatic amines is 1. The second-order valence-corrected chi connectivity index (χ2v) is 8.01. The van der Waals surface area contributed by atoms with Gasteiger partial charge in [-0.2, -0.15) is 0 Å². The predicted octanol–water partition coefficient (Wildman–Crippen LogP) is 2.74. The molecular weight excluding hydrogens is 388 g/mol. The maximum atomic E-state index is 12.8. The molecule has 2 N–H and O–H groups in total. The van der Waals surface area contributed by atoms with Crippen LogP contribution in [0.2, 0.25) is 0 Å². The summed E-state index contributed by atoms with van der Waals surface area (Å²) in [6, 6.07) is 10.5. The molecule has 1 aromatic carbocycles. The number of fused-ring (bicyclic) bond motifs is 1. The molecule has 0 bridgehead atoms. The lowest BCUT2D eigenvalue weighted by Gasteiger charge is -2.22. The average molecular weight is 410 g/mol. The van der Waals surface area contributed by atoms with Crippen molar-refractivity contribution in [2.75, 3.05) is 13.1 Å².